The Bertz CT molecular complexity index is 296. The van der Waals surface area contributed by atoms with Gasteiger partial charge < -0.3 is 4.90 Å². The summed E-state index contributed by atoms with van der Waals surface area (Å²) >= 11 is 5.63. The van der Waals surface area contributed by atoms with Gasteiger partial charge in [-0.2, -0.15) is 12.6 Å². The number of carbonyl (C=O) groups excluding carboxylic acids is 1. The molecule has 0 saturated heterocycles. The molecule has 72 valence electrons. The molecule has 0 unspecified atom stereocenters. The minimum Gasteiger partial charge on any atom is -0.307 e. The zero-order valence-electron chi connectivity index (χ0n) is 7.78. The average Bonchev–Trinajstić information content (AvgIpc) is 2.50. The van der Waals surface area contributed by atoms with Crippen LogP contribution in [-0.2, 0) is 4.79 Å². The SMILES string of the molecule is Cc1ccsc1N(C)C(=O)CCS. The maximum Gasteiger partial charge on any atom is 0.228 e. The molecule has 1 amide bonds. The van der Waals surface area contributed by atoms with Crippen LogP contribution in [0.1, 0.15) is 12.0 Å². The van der Waals surface area contributed by atoms with Crippen LogP contribution in [0.5, 0.6) is 0 Å². The maximum atomic E-state index is 11.5. The Morgan fingerprint density at radius 3 is 2.85 bits per heavy atom. The molecule has 13 heavy (non-hydrogen) atoms. The van der Waals surface area contributed by atoms with Crippen molar-refractivity contribution in [1.82, 2.24) is 0 Å². The Labute approximate surface area is 88.0 Å². The molecular formula is C9H13NOS2. The van der Waals surface area contributed by atoms with E-state index in [0.717, 1.165) is 10.6 Å². The number of hydrogen-bond acceptors (Lipinski definition) is 3. The van der Waals surface area contributed by atoms with Crippen molar-refractivity contribution in [2.45, 2.75) is 13.3 Å². The van der Waals surface area contributed by atoms with Gasteiger partial charge in [0.25, 0.3) is 0 Å². The predicted molar refractivity (Wildman–Crippen MR) is 60.9 cm³/mol. The molecule has 0 aromatic carbocycles. The van der Waals surface area contributed by atoms with Crippen LogP contribution in [0.3, 0.4) is 0 Å². The van der Waals surface area contributed by atoms with Crippen LogP contribution in [0.15, 0.2) is 11.4 Å². The fraction of sp³-hybridized carbons (Fsp3) is 0.444. The second-order valence-electron chi connectivity index (χ2n) is 2.84. The summed E-state index contributed by atoms with van der Waals surface area (Å²) in [6.45, 7) is 2.01. The van der Waals surface area contributed by atoms with Crippen molar-refractivity contribution >= 4 is 34.9 Å². The lowest BCUT2D eigenvalue weighted by atomic mass is 10.3. The third-order valence-electron chi connectivity index (χ3n) is 1.84. The quantitative estimate of drug-likeness (QED) is 0.767. The van der Waals surface area contributed by atoms with E-state index in [1.807, 2.05) is 25.4 Å². The molecule has 2 nitrogen and oxygen atoms in total. The van der Waals surface area contributed by atoms with E-state index < -0.39 is 0 Å². The molecule has 1 rings (SSSR count). The first kappa shape index (κ1) is 10.6. The summed E-state index contributed by atoms with van der Waals surface area (Å²) in [5, 5.41) is 3.03. The van der Waals surface area contributed by atoms with Gasteiger partial charge in [0.05, 0.1) is 0 Å². The Morgan fingerprint density at radius 2 is 2.38 bits per heavy atom. The van der Waals surface area contributed by atoms with E-state index in [-0.39, 0.29) is 5.91 Å². The van der Waals surface area contributed by atoms with Crippen LogP contribution in [-0.4, -0.2) is 18.7 Å². The largest absolute Gasteiger partial charge is 0.307 e. The van der Waals surface area contributed by atoms with E-state index in [4.69, 9.17) is 0 Å². The van der Waals surface area contributed by atoms with E-state index in [1.54, 1.807) is 16.2 Å². The summed E-state index contributed by atoms with van der Waals surface area (Å²) < 4.78 is 0. The van der Waals surface area contributed by atoms with Crippen molar-refractivity contribution < 1.29 is 4.79 Å². The van der Waals surface area contributed by atoms with Gasteiger partial charge in [-0.25, -0.2) is 0 Å². The van der Waals surface area contributed by atoms with E-state index in [1.165, 1.54) is 0 Å². The summed E-state index contributed by atoms with van der Waals surface area (Å²) in [6.07, 6.45) is 0.497. The highest BCUT2D eigenvalue weighted by molar-refractivity contribution is 7.80. The number of amides is 1. The number of nitrogens with zero attached hydrogens (tertiary/aromatic N) is 1. The fourth-order valence-electron chi connectivity index (χ4n) is 1.08. The molecule has 0 aliphatic heterocycles. The molecule has 0 spiro atoms. The van der Waals surface area contributed by atoms with Gasteiger partial charge in [-0.15, -0.1) is 11.3 Å². The first-order valence-electron chi connectivity index (χ1n) is 4.08. The third kappa shape index (κ3) is 2.48. The summed E-state index contributed by atoms with van der Waals surface area (Å²) in [7, 11) is 1.81. The van der Waals surface area contributed by atoms with Crippen LogP contribution in [0.2, 0.25) is 0 Å². The van der Waals surface area contributed by atoms with Crippen molar-refractivity contribution in [3.05, 3.63) is 17.0 Å². The maximum absolute atomic E-state index is 11.5. The summed E-state index contributed by atoms with van der Waals surface area (Å²) in [5.41, 5.74) is 1.15. The van der Waals surface area contributed by atoms with Crippen LogP contribution in [0, 0.1) is 6.92 Å². The number of rotatable bonds is 3. The van der Waals surface area contributed by atoms with Gasteiger partial charge in [0.15, 0.2) is 0 Å². The third-order valence-corrected chi connectivity index (χ3v) is 3.15. The number of hydrogen-bond donors (Lipinski definition) is 1. The normalized spacial score (nSPS) is 10.1. The molecule has 0 aliphatic carbocycles. The van der Waals surface area contributed by atoms with E-state index in [2.05, 4.69) is 12.6 Å². The van der Waals surface area contributed by atoms with Crippen LogP contribution in [0.4, 0.5) is 5.00 Å². The molecule has 1 aromatic rings. The fourth-order valence-corrected chi connectivity index (χ4v) is 2.19. The molecule has 0 bridgehead atoms. The van der Waals surface area contributed by atoms with Crippen molar-refractivity contribution in [3.8, 4) is 0 Å². The highest BCUT2D eigenvalue weighted by Gasteiger charge is 2.12. The molecule has 1 aromatic heterocycles. The summed E-state index contributed by atoms with van der Waals surface area (Å²) in [6, 6.07) is 2.02. The van der Waals surface area contributed by atoms with Gasteiger partial charge in [-0.1, -0.05) is 0 Å². The molecule has 0 aliphatic rings. The van der Waals surface area contributed by atoms with Gasteiger partial charge in [0, 0.05) is 13.5 Å². The second-order valence-corrected chi connectivity index (χ2v) is 4.18. The zero-order chi connectivity index (χ0) is 9.84. The van der Waals surface area contributed by atoms with Crippen molar-refractivity contribution in [3.63, 3.8) is 0 Å². The molecule has 0 radical (unpaired) electrons. The number of thiol groups is 1. The highest BCUT2D eigenvalue weighted by atomic mass is 32.1. The summed E-state index contributed by atoms with van der Waals surface area (Å²) in [5.74, 6) is 0.730. The van der Waals surface area contributed by atoms with Gasteiger partial charge in [0.2, 0.25) is 5.91 Å². The van der Waals surface area contributed by atoms with Gasteiger partial charge in [-0.05, 0) is 29.7 Å². The van der Waals surface area contributed by atoms with Crippen molar-refractivity contribution in [1.29, 1.82) is 0 Å². The first-order chi connectivity index (χ1) is 6.16. The van der Waals surface area contributed by atoms with E-state index in [0.29, 0.717) is 12.2 Å². The smallest absolute Gasteiger partial charge is 0.228 e. The number of anilines is 1. The van der Waals surface area contributed by atoms with Crippen LogP contribution < -0.4 is 4.90 Å². The number of thiophene rings is 1. The predicted octanol–water partition coefficient (Wildman–Crippen LogP) is 2.34. The first-order valence-corrected chi connectivity index (χ1v) is 5.59. The molecule has 1 heterocycles. The molecule has 4 heteroatoms. The van der Waals surface area contributed by atoms with Gasteiger partial charge >= 0.3 is 0 Å². The Balaban J connectivity index is 2.73. The Kier molecular flexibility index (Phi) is 3.81. The lowest BCUT2D eigenvalue weighted by molar-refractivity contribution is -0.117. The topological polar surface area (TPSA) is 20.3 Å². The lowest BCUT2D eigenvalue weighted by Gasteiger charge is -2.15. The minimum atomic E-state index is 0.126. The molecular weight excluding hydrogens is 202 g/mol. The van der Waals surface area contributed by atoms with Crippen molar-refractivity contribution in [2.75, 3.05) is 17.7 Å². The molecule has 0 saturated carbocycles. The van der Waals surface area contributed by atoms with E-state index in [9.17, 15) is 4.79 Å². The van der Waals surface area contributed by atoms with Crippen molar-refractivity contribution in [2.24, 2.45) is 0 Å². The van der Waals surface area contributed by atoms with Crippen LogP contribution in [0.25, 0.3) is 0 Å². The lowest BCUT2D eigenvalue weighted by Crippen LogP contribution is -2.25. The zero-order valence-corrected chi connectivity index (χ0v) is 9.49. The Hall–Kier alpha value is -0.480. The van der Waals surface area contributed by atoms with Gasteiger partial charge in [0.1, 0.15) is 5.00 Å². The van der Waals surface area contributed by atoms with Crippen LogP contribution >= 0.6 is 24.0 Å². The number of aryl methyl sites for hydroxylation is 1. The van der Waals surface area contributed by atoms with Gasteiger partial charge in [-0.3, -0.25) is 4.79 Å². The number of carbonyl (C=O) groups is 1. The summed E-state index contributed by atoms with van der Waals surface area (Å²) in [4.78, 5) is 13.2. The molecule has 0 fully saturated rings. The standard InChI is InChI=1S/C9H13NOS2/c1-7-4-6-13-9(7)10(2)8(11)3-5-12/h4,6,12H,3,5H2,1-2H3. The molecule has 0 atom stereocenters. The monoisotopic (exact) mass is 215 g/mol. The second kappa shape index (κ2) is 4.67. The minimum absolute atomic E-state index is 0.126. The molecule has 0 N–H and O–H groups in total. The highest BCUT2D eigenvalue weighted by Crippen LogP contribution is 2.26. The average molecular weight is 215 g/mol. The Morgan fingerprint density at radius 1 is 1.69 bits per heavy atom. The van der Waals surface area contributed by atoms with E-state index >= 15 is 0 Å².